The fourth-order valence-corrected chi connectivity index (χ4v) is 2.56. The average Bonchev–Trinajstić information content (AvgIpc) is 2.87. The number of fused-ring (bicyclic) bond motifs is 1. The first-order valence-corrected chi connectivity index (χ1v) is 5.86. The molecule has 0 amide bonds. The molecule has 0 fully saturated rings. The first-order valence-electron chi connectivity index (χ1n) is 5.45. The maximum Gasteiger partial charge on any atom is 0.284 e. The monoisotopic (exact) mass is 232 g/mol. The normalized spacial score (nSPS) is 18.6. The Balaban J connectivity index is 1.86. The molecule has 82 valence electrons. The average molecular weight is 232 g/mol. The largest absolute Gasteiger partial charge is 0.414 e. The van der Waals surface area contributed by atoms with Gasteiger partial charge in [-0.1, -0.05) is 24.3 Å². The fourth-order valence-electron chi connectivity index (χ4n) is 2.42. The van der Waals surface area contributed by atoms with Gasteiger partial charge in [-0.3, -0.25) is 0 Å². The number of benzene rings is 1. The maximum absolute atomic E-state index is 5.31. The lowest BCUT2D eigenvalue weighted by molar-refractivity contribution is 0.458. The number of aryl methyl sites for hydroxylation is 1. The molecule has 0 aliphatic heterocycles. The van der Waals surface area contributed by atoms with E-state index in [1.54, 1.807) is 0 Å². The van der Waals surface area contributed by atoms with E-state index in [-0.39, 0.29) is 0 Å². The maximum atomic E-state index is 5.31. The molecule has 0 saturated heterocycles. The van der Waals surface area contributed by atoms with Crippen molar-refractivity contribution in [3.8, 4) is 0 Å². The quantitative estimate of drug-likeness (QED) is 0.809. The van der Waals surface area contributed by atoms with Gasteiger partial charge in [-0.05, 0) is 42.1 Å². The van der Waals surface area contributed by atoms with Gasteiger partial charge in [-0.2, -0.15) is 0 Å². The Morgan fingerprint density at radius 2 is 2.31 bits per heavy atom. The molecule has 1 N–H and O–H groups in total. The van der Waals surface area contributed by atoms with E-state index in [2.05, 4.69) is 34.5 Å². The summed E-state index contributed by atoms with van der Waals surface area (Å²) in [4.78, 5) is 0.362. The summed E-state index contributed by atoms with van der Waals surface area (Å²) in [5.41, 5.74) is 2.90. The zero-order chi connectivity index (χ0) is 11.0. The van der Waals surface area contributed by atoms with Crippen LogP contribution in [-0.2, 0) is 12.8 Å². The summed E-state index contributed by atoms with van der Waals surface area (Å²) in [6.45, 7) is 0. The summed E-state index contributed by atoms with van der Waals surface area (Å²) in [7, 11) is 0. The molecule has 1 aliphatic carbocycles. The topological polar surface area (TPSA) is 41.8 Å². The molecule has 16 heavy (non-hydrogen) atoms. The van der Waals surface area contributed by atoms with E-state index in [0.29, 0.717) is 16.6 Å². The van der Waals surface area contributed by atoms with Crippen molar-refractivity contribution in [1.82, 2.24) is 10.2 Å². The zero-order valence-corrected chi connectivity index (χ0v) is 9.59. The van der Waals surface area contributed by atoms with E-state index in [1.807, 2.05) is 0 Å². The first kappa shape index (κ1) is 9.78. The predicted molar refractivity (Wildman–Crippen MR) is 62.9 cm³/mol. The van der Waals surface area contributed by atoms with Crippen molar-refractivity contribution >= 4 is 12.2 Å². The molecular weight excluding hydrogens is 220 g/mol. The highest BCUT2D eigenvalue weighted by Crippen LogP contribution is 2.34. The Labute approximate surface area is 98.5 Å². The second kappa shape index (κ2) is 3.87. The van der Waals surface area contributed by atoms with Gasteiger partial charge in [-0.25, -0.2) is 5.10 Å². The van der Waals surface area contributed by atoms with E-state index < -0.39 is 0 Å². The van der Waals surface area contributed by atoms with E-state index >= 15 is 0 Å². The fraction of sp³-hybridized carbons (Fsp3) is 0.333. The van der Waals surface area contributed by atoms with Gasteiger partial charge in [0.2, 0.25) is 5.89 Å². The third-order valence-electron chi connectivity index (χ3n) is 3.16. The van der Waals surface area contributed by atoms with Crippen LogP contribution in [0.3, 0.4) is 0 Å². The zero-order valence-electron chi connectivity index (χ0n) is 8.77. The highest BCUT2D eigenvalue weighted by atomic mass is 32.1. The molecule has 1 atom stereocenters. The van der Waals surface area contributed by atoms with Gasteiger partial charge in [0.1, 0.15) is 0 Å². The molecule has 4 heteroatoms. The van der Waals surface area contributed by atoms with Crippen molar-refractivity contribution < 1.29 is 4.42 Å². The number of nitrogens with zero attached hydrogens (tertiary/aromatic N) is 1. The van der Waals surface area contributed by atoms with Crippen molar-refractivity contribution in [1.29, 1.82) is 0 Å². The van der Waals surface area contributed by atoms with Crippen LogP contribution < -0.4 is 0 Å². The number of rotatable bonds is 2. The summed E-state index contributed by atoms with van der Waals surface area (Å²) in [5, 5.41) is 6.72. The van der Waals surface area contributed by atoms with Gasteiger partial charge in [0.25, 0.3) is 4.84 Å². The van der Waals surface area contributed by atoms with Gasteiger partial charge in [-0.15, -0.1) is 5.10 Å². The van der Waals surface area contributed by atoms with Crippen LogP contribution in [0.4, 0.5) is 0 Å². The number of aromatic amines is 1. The minimum Gasteiger partial charge on any atom is -0.414 e. The molecular formula is C12H12N2OS. The van der Waals surface area contributed by atoms with E-state index in [0.717, 1.165) is 12.8 Å². The molecule has 0 spiro atoms. The minimum atomic E-state index is 0.362. The van der Waals surface area contributed by atoms with Crippen LogP contribution >= 0.6 is 12.2 Å². The summed E-state index contributed by atoms with van der Waals surface area (Å²) in [6, 6.07) is 8.60. The van der Waals surface area contributed by atoms with E-state index in [4.69, 9.17) is 16.6 Å². The lowest BCUT2D eigenvalue weighted by Gasteiger charge is -2.07. The van der Waals surface area contributed by atoms with Crippen LogP contribution in [0.5, 0.6) is 0 Å². The smallest absolute Gasteiger partial charge is 0.284 e. The van der Waals surface area contributed by atoms with E-state index in [9.17, 15) is 0 Å². The van der Waals surface area contributed by atoms with Crippen molar-refractivity contribution in [2.45, 2.75) is 25.2 Å². The van der Waals surface area contributed by atoms with Crippen molar-refractivity contribution in [3.05, 3.63) is 46.1 Å². The first-order chi connectivity index (χ1) is 7.83. The van der Waals surface area contributed by atoms with Crippen molar-refractivity contribution in [3.63, 3.8) is 0 Å². The molecule has 0 bridgehead atoms. The van der Waals surface area contributed by atoms with Crippen molar-refractivity contribution in [2.75, 3.05) is 0 Å². The highest BCUT2D eigenvalue weighted by molar-refractivity contribution is 7.71. The third-order valence-corrected chi connectivity index (χ3v) is 3.34. The molecule has 0 saturated carbocycles. The van der Waals surface area contributed by atoms with Crippen LogP contribution in [0.25, 0.3) is 0 Å². The number of hydrogen-bond acceptors (Lipinski definition) is 3. The van der Waals surface area contributed by atoms with Crippen molar-refractivity contribution in [2.24, 2.45) is 0 Å². The summed E-state index contributed by atoms with van der Waals surface area (Å²) < 4.78 is 5.31. The Morgan fingerprint density at radius 3 is 3.12 bits per heavy atom. The van der Waals surface area contributed by atoms with Gasteiger partial charge in [0.05, 0.1) is 0 Å². The van der Waals surface area contributed by atoms with Gasteiger partial charge in [0, 0.05) is 6.42 Å². The lowest BCUT2D eigenvalue weighted by atomic mass is 9.98. The number of hydrogen-bond donors (Lipinski definition) is 1. The molecule has 3 rings (SSSR count). The van der Waals surface area contributed by atoms with Crippen LogP contribution in [0.2, 0.25) is 0 Å². The summed E-state index contributed by atoms with van der Waals surface area (Å²) in [6.07, 6.45) is 3.17. The molecule has 1 heterocycles. The summed E-state index contributed by atoms with van der Waals surface area (Å²) >= 11 is 4.87. The van der Waals surface area contributed by atoms with Crippen LogP contribution in [0.1, 0.15) is 29.4 Å². The van der Waals surface area contributed by atoms with Gasteiger partial charge in [0.15, 0.2) is 0 Å². The Bertz CT molecular complexity index is 558. The number of nitrogens with one attached hydrogen (secondary N) is 1. The summed E-state index contributed by atoms with van der Waals surface area (Å²) in [5.74, 6) is 1.24. The van der Waals surface area contributed by atoms with Crippen LogP contribution in [0, 0.1) is 4.84 Å². The second-order valence-electron chi connectivity index (χ2n) is 4.15. The van der Waals surface area contributed by atoms with Gasteiger partial charge >= 0.3 is 0 Å². The highest BCUT2D eigenvalue weighted by Gasteiger charge is 2.23. The molecule has 1 aliphatic rings. The Hall–Kier alpha value is -1.42. The number of H-pyrrole nitrogens is 1. The van der Waals surface area contributed by atoms with Gasteiger partial charge < -0.3 is 4.42 Å². The molecule has 1 unspecified atom stereocenters. The molecule has 2 aromatic rings. The Morgan fingerprint density at radius 1 is 1.44 bits per heavy atom. The number of aromatic nitrogens is 2. The molecule has 1 aromatic carbocycles. The van der Waals surface area contributed by atoms with Crippen LogP contribution in [0.15, 0.2) is 28.7 Å². The predicted octanol–water partition coefficient (Wildman–Crippen LogP) is 3.00. The van der Waals surface area contributed by atoms with E-state index in [1.165, 1.54) is 17.5 Å². The third kappa shape index (κ3) is 1.69. The standard InChI is InChI=1S/C12H12N2OS/c16-12-14-13-11(15-12)7-9-6-5-8-3-1-2-4-10(8)9/h1-4,9H,5-7H2,(H,14,16). The molecule has 0 radical (unpaired) electrons. The SMILES string of the molecule is S=c1[nH]nc(CC2CCc3ccccc32)o1. The Kier molecular flexibility index (Phi) is 2.36. The molecule has 3 nitrogen and oxygen atoms in total. The second-order valence-corrected chi connectivity index (χ2v) is 4.52. The van der Waals surface area contributed by atoms with Crippen LogP contribution in [-0.4, -0.2) is 10.2 Å². The lowest BCUT2D eigenvalue weighted by Crippen LogP contribution is -1.98. The minimum absolute atomic E-state index is 0.362. The molecule has 1 aromatic heterocycles.